The molecule has 0 saturated heterocycles. The van der Waals surface area contributed by atoms with Crippen LogP contribution < -0.4 is 9.47 Å². The maximum atomic E-state index is 12.3. The third-order valence-corrected chi connectivity index (χ3v) is 3.90. The summed E-state index contributed by atoms with van der Waals surface area (Å²) in [7, 11) is 0. The van der Waals surface area contributed by atoms with Crippen molar-refractivity contribution in [1.29, 1.82) is 0 Å². The smallest absolute Gasteiger partial charge is 0.343 e. The van der Waals surface area contributed by atoms with E-state index in [1.54, 1.807) is 61.5 Å². The van der Waals surface area contributed by atoms with Gasteiger partial charge in [-0.05, 0) is 61.4 Å². The Morgan fingerprint density at radius 3 is 2.21 bits per heavy atom. The van der Waals surface area contributed by atoms with Crippen LogP contribution in [0.5, 0.6) is 11.5 Å². The van der Waals surface area contributed by atoms with Crippen molar-refractivity contribution in [2.24, 2.45) is 0 Å². The molecule has 0 saturated carbocycles. The van der Waals surface area contributed by atoms with Crippen molar-refractivity contribution in [3.8, 4) is 11.5 Å². The second-order valence-electron chi connectivity index (χ2n) is 6.12. The van der Waals surface area contributed by atoms with Gasteiger partial charge in [-0.1, -0.05) is 31.9 Å². The maximum absolute atomic E-state index is 12.3. The largest absolute Gasteiger partial charge is 0.494 e. The Kier molecular flexibility index (Phi) is 8.79. The number of benzene rings is 2. The molecule has 5 nitrogen and oxygen atoms in total. The fourth-order valence-electron chi connectivity index (χ4n) is 2.40. The van der Waals surface area contributed by atoms with Crippen molar-refractivity contribution < 1.29 is 23.8 Å². The number of hydrogen-bond acceptors (Lipinski definition) is 5. The highest BCUT2D eigenvalue weighted by atomic mass is 16.5. The molecule has 0 fully saturated rings. The molecule has 0 aromatic heterocycles. The molecule has 148 valence electrons. The predicted octanol–water partition coefficient (Wildman–Crippen LogP) is 5.05. The molecule has 0 aliphatic rings. The minimum atomic E-state index is -0.447. The number of rotatable bonds is 10. The van der Waals surface area contributed by atoms with Gasteiger partial charge in [0.05, 0.1) is 18.8 Å². The summed E-state index contributed by atoms with van der Waals surface area (Å²) in [6, 6.07) is 13.8. The van der Waals surface area contributed by atoms with Crippen LogP contribution in [0.4, 0.5) is 0 Å². The van der Waals surface area contributed by atoms with Crippen LogP contribution in [-0.4, -0.2) is 25.2 Å². The van der Waals surface area contributed by atoms with E-state index < -0.39 is 11.9 Å². The number of hydrogen-bond donors (Lipinski definition) is 0. The van der Waals surface area contributed by atoms with Crippen LogP contribution in [0.3, 0.4) is 0 Å². The molecule has 0 bridgehead atoms. The van der Waals surface area contributed by atoms with Gasteiger partial charge in [-0.15, -0.1) is 0 Å². The summed E-state index contributed by atoms with van der Waals surface area (Å²) in [4.78, 5) is 23.6. The Balaban J connectivity index is 1.87. The Labute approximate surface area is 165 Å². The first-order valence-corrected chi connectivity index (χ1v) is 9.52. The second-order valence-corrected chi connectivity index (χ2v) is 6.12. The quantitative estimate of drug-likeness (QED) is 0.249. The zero-order chi connectivity index (χ0) is 20.2. The van der Waals surface area contributed by atoms with Crippen molar-refractivity contribution in [2.45, 2.75) is 33.1 Å². The summed E-state index contributed by atoms with van der Waals surface area (Å²) in [5.41, 5.74) is 1.21. The minimum absolute atomic E-state index is 0.333. The van der Waals surface area contributed by atoms with Crippen LogP contribution in [0.15, 0.2) is 54.6 Å². The molecule has 0 spiro atoms. The number of carbonyl (C=O) groups is 2. The molecule has 0 N–H and O–H groups in total. The van der Waals surface area contributed by atoms with Gasteiger partial charge < -0.3 is 14.2 Å². The fraction of sp³-hybridized carbons (Fsp3) is 0.304. The molecule has 2 aromatic carbocycles. The van der Waals surface area contributed by atoms with Gasteiger partial charge in [0, 0.05) is 6.08 Å². The van der Waals surface area contributed by atoms with Crippen LogP contribution in [0.2, 0.25) is 0 Å². The van der Waals surface area contributed by atoms with E-state index in [1.165, 1.54) is 6.08 Å². The van der Waals surface area contributed by atoms with Gasteiger partial charge in [0.25, 0.3) is 0 Å². The van der Waals surface area contributed by atoms with E-state index in [1.807, 2.05) is 0 Å². The highest BCUT2D eigenvalue weighted by molar-refractivity contribution is 5.91. The van der Waals surface area contributed by atoms with Crippen molar-refractivity contribution in [3.05, 3.63) is 65.7 Å². The van der Waals surface area contributed by atoms with Gasteiger partial charge in [0.2, 0.25) is 0 Å². The molecule has 0 heterocycles. The average molecular weight is 382 g/mol. The minimum Gasteiger partial charge on any atom is -0.494 e. The van der Waals surface area contributed by atoms with Gasteiger partial charge >= 0.3 is 11.9 Å². The first kappa shape index (κ1) is 21.2. The summed E-state index contributed by atoms with van der Waals surface area (Å²) in [5.74, 6) is 0.368. The monoisotopic (exact) mass is 382 g/mol. The average Bonchev–Trinajstić information content (AvgIpc) is 2.71. The number of carbonyl (C=O) groups excluding carboxylic acids is 2. The van der Waals surface area contributed by atoms with E-state index in [-0.39, 0.29) is 0 Å². The zero-order valence-electron chi connectivity index (χ0n) is 16.4. The van der Waals surface area contributed by atoms with Crippen LogP contribution in [0, 0.1) is 0 Å². The molecule has 5 heteroatoms. The Hall–Kier alpha value is -3.08. The number of unbranched alkanes of at least 4 members (excludes halogenated alkanes) is 2. The molecule has 0 atom stereocenters. The first-order valence-electron chi connectivity index (χ1n) is 9.52. The van der Waals surface area contributed by atoms with Gasteiger partial charge in [-0.3, -0.25) is 0 Å². The van der Waals surface area contributed by atoms with E-state index in [4.69, 9.17) is 14.2 Å². The summed E-state index contributed by atoms with van der Waals surface area (Å²) in [5, 5.41) is 0. The SMILES string of the molecule is CCCCCOc1ccc(OC(=O)c2ccc(/C=C/C(=O)OCC)cc2)cc1. The summed E-state index contributed by atoms with van der Waals surface area (Å²) in [6.45, 7) is 4.92. The molecule has 0 unspecified atom stereocenters. The normalized spacial score (nSPS) is 10.6. The lowest BCUT2D eigenvalue weighted by Crippen LogP contribution is -2.08. The highest BCUT2D eigenvalue weighted by Gasteiger charge is 2.08. The van der Waals surface area contributed by atoms with Crippen LogP contribution in [-0.2, 0) is 9.53 Å². The molecule has 0 aliphatic carbocycles. The van der Waals surface area contributed by atoms with Gasteiger partial charge in [-0.2, -0.15) is 0 Å². The molecule has 2 rings (SSSR count). The fourth-order valence-corrected chi connectivity index (χ4v) is 2.40. The lowest BCUT2D eigenvalue weighted by atomic mass is 10.1. The maximum Gasteiger partial charge on any atom is 0.343 e. The summed E-state index contributed by atoms with van der Waals surface area (Å²) >= 11 is 0. The summed E-state index contributed by atoms with van der Waals surface area (Å²) in [6.07, 6.45) is 6.31. The van der Waals surface area contributed by atoms with Crippen LogP contribution >= 0.6 is 0 Å². The molecule has 0 amide bonds. The van der Waals surface area contributed by atoms with E-state index in [0.29, 0.717) is 24.5 Å². The van der Waals surface area contributed by atoms with Crippen LogP contribution in [0.1, 0.15) is 49.0 Å². The Morgan fingerprint density at radius 2 is 1.57 bits per heavy atom. The van der Waals surface area contributed by atoms with E-state index in [2.05, 4.69) is 6.92 Å². The van der Waals surface area contributed by atoms with Crippen molar-refractivity contribution in [3.63, 3.8) is 0 Å². The van der Waals surface area contributed by atoms with Gasteiger partial charge in [-0.25, -0.2) is 9.59 Å². The molecule has 2 aromatic rings. The van der Waals surface area contributed by atoms with Crippen LogP contribution in [0.25, 0.3) is 6.08 Å². The van der Waals surface area contributed by atoms with Gasteiger partial charge in [0.1, 0.15) is 11.5 Å². The van der Waals surface area contributed by atoms with E-state index in [0.717, 1.165) is 30.6 Å². The lowest BCUT2D eigenvalue weighted by Gasteiger charge is -2.08. The predicted molar refractivity (Wildman–Crippen MR) is 109 cm³/mol. The number of esters is 2. The third kappa shape index (κ3) is 7.27. The third-order valence-electron chi connectivity index (χ3n) is 3.90. The molecule has 0 aliphatic heterocycles. The van der Waals surface area contributed by atoms with Crippen molar-refractivity contribution >= 4 is 18.0 Å². The zero-order valence-corrected chi connectivity index (χ0v) is 16.4. The molecule has 0 radical (unpaired) electrons. The standard InChI is InChI=1S/C23H26O5/c1-3-5-6-17-27-20-12-14-21(15-13-20)28-23(25)19-10-7-18(8-11-19)9-16-22(24)26-4-2/h7-16H,3-6,17H2,1-2H3/b16-9+. The first-order chi connectivity index (χ1) is 13.6. The van der Waals surface area contributed by atoms with Gasteiger partial charge in [0.15, 0.2) is 0 Å². The second kappa shape index (κ2) is 11.6. The summed E-state index contributed by atoms with van der Waals surface area (Å²) < 4.78 is 15.8. The topological polar surface area (TPSA) is 61.8 Å². The molecular formula is C23H26O5. The molecular weight excluding hydrogens is 356 g/mol. The Morgan fingerprint density at radius 1 is 0.893 bits per heavy atom. The van der Waals surface area contributed by atoms with E-state index in [9.17, 15) is 9.59 Å². The number of ether oxygens (including phenoxy) is 3. The highest BCUT2D eigenvalue weighted by Crippen LogP contribution is 2.19. The van der Waals surface area contributed by atoms with Crippen molar-refractivity contribution in [2.75, 3.05) is 13.2 Å². The Bertz CT molecular complexity index is 776. The lowest BCUT2D eigenvalue weighted by molar-refractivity contribution is -0.137. The molecule has 28 heavy (non-hydrogen) atoms. The van der Waals surface area contributed by atoms with E-state index >= 15 is 0 Å². The van der Waals surface area contributed by atoms with Crippen molar-refractivity contribution in [1.82, 2.24) is 0 Å².